The first kappa shape index (κ1) is 18.5. The smallest absolute Gasteiger partial charge is 0.251 e. The molecule has 0 saturated heterocycles. The van der Waals surface area contributed by atoms with Crippen LogP contribution < -0.4 is 10.6 Å². The molecule has 0 aliphatic rings. The van der Waals surface area contributed by atoms with Gasteiger partial charge in [-0.2, -0.15) is 0 Å². The predicted molar refractivity (Wildman–Crippen MR) is 106 cm³/mol. The third-order valence-electron chi connectivity index (χ3n) is 4.46. The van der Waals surface area contributed by atoms with Crippen molar-refractivity contribution in [3.05, 3.63) is 77.1 Å². The summed E-state index contributed by atoms with van der Waals surface area (Å²) in [5, 5.41) is 6.55. The lowest BCUT2D eigenvalue weighted by atomic mass is 10.1. The number of aryl methyl sites for hydroxylation is 1. The van der Waals surface area contributed by atoms with Gasteiger partial charge in [0.05, 0.1) is 6.04 Å². The molecule has 1 unspecified atom stereocenters. The number of hydrogen-bond donors (Lipinski definition) is 2. The summed E-state index contributed by atoms with van der Waals surface area (Å²) >= 11 is 0. The standard InChI is InChI=1S/C22H22N2O3/c1-14-18-6-4-5-7-19(18)27-21(14)15(2)24-20(25)13-10-16-8-11-17(12-9-16)22(26)23-3/h4-13,15H,1-3H3,(H,23,26)(H,24,25). The van der Waals surface area contributed by atoms with Gasteiger partial charge in [0.25, 0.3) is 5.91 Å². The summed E-state index contributed by atoms with van der Waals surface area (Å²) < 4.78 is 5.89. The van der Waals surface area contributed by atoms with Crippen molar-refractivity contribution in [2.75, 3.05) is 7.05 Å². The quantitative estimate of drug-likeness (QED) is 0.674. The molecule has 0 aliphatic heterocycles. The molecule has 0 saturated carbocycles. The SMILES string of the molecule is CNC(=O)c1ccc(C=CC(=O)NC(C)c2oc3ccccc3c2C)cc1. The number of carbonyl (C=O) groups is 2. The Morgan fingerprint density at radius 1 is 1.07 bits per heavy atom. The van der Waals surface area contributed by atoms with Crippen LogP contribution in [0.1, 0.15) is 40.2 Å². The highest BCUT2D eigenvalue weighted by atomic mass is 16.3. The van der Waals surface area contributed by atoms with Crippen molar-refractivity contribution in [3.8, 4) is 0 Å². The highest BCUT2D eigenvalue weighted by Gasteiger charge is 2.17. The van der Waals surface area contributed by atoms with Crippen molar-refractivity contribution in [1.82, 2.24) is 10.6 Å². The molecule has 3 aromatic rings. The van der Waals surface area contributed by atoms with Crippen LogP contribution in [0.15, 0.2) is 59.0 Å². The molecule has 0 aliphatic carbocycles. The topological polar surface area (TPSA) is 71.3 Å². The summed E-state index contributed by atoms with van der Waals surface area (Å²) in [4.78, 5) is 23.8. The number of furan rings is 1. The molecule has 0 spiro atoms. The summed E-state index contributed by atoms with van der Waals surface area (Å²) in [6, 6.07) is 14.6. The number of nitrogens with one attached hydrogen (secondary N) is 2. The number of rotatable bonds is 5. The molecule has 0 bridgehead atoms. The van der Waals surface area contributed by atoms with E-state index in [0.717, 1.165) is 27.9 Å². The van der Waals surface area contributed by atoms with Crippen LogP contribution in [-0.2, 0) is 4.79 Å². The fourth-order valence-corrected chi connectivity index (χ4v) is 3.00. The first-order valence-corrected chi connectivity index (χ1v) is 8.78. The highest BCUT2D eigenvalue weighted by molar-refractivity contribution is 5.95. The fraction of sp³-hybridized carbons (Fsp3) is 0.182. The molecule has 5 heteroatoms. The highest BCUT2D eigenvalue weighted by Crippen LogP contribution is 2.29. The Hall–Kier alpha value is -3.34. The van der Waals surface area contributed by atoms with Crippen molar-refractivity contribution in [2.24, 2.45) is 0 Å². The lowest BCUT2D eigenvalue weighted by Crippen LogP contribution is -2.24. The largest absolute Gasteiger partial charge is 0.459 e. The number of fused-ring (bicyclic) bond motifs is 1. The van der Waals surface area contributed by atoms with Crippen molar-refractivity contribution < 1.29 is 14.0 Å². The van der Waals surface area contributed by atoms with Crippen LogP contribution in [-0.4, -0.2) is 18.9 Å². The van der Waals surface area contributed by atoms with Gasteiger partial charge in [-0.05, 0) is 43.7 Å². The molecule has 2 amide bonds. The van der Waals surface area contributed by atoms with Gasteiger partial charge in [-0.1, -0.05) is 30.3 Å². The summed E-state index contributed by atoms with van der Waals surface area (Å²) in [6.07, 6.45) is 3.19. The second-order valence-electron chi connectivity index (χ2n) is 6.35. The van der Waals surface area contributed by atoms with Gasteiger partial charge in [-0.15, -0.1) is 0 Å². The van der Waals surface area contributed by atoms with Gasteiger partial charge in [0.1, 0.15) is 11.3 Å². The molecule has 1 heterocycles. The zero-order valence-corrected chi connectivity index (χ0v) is 15.6. The molecule has 2 N–H and O–H groups in total. The van der Waals surface area contributed by atoms with Crippen molar-refractivity contribution >= 4 is 28.9 Å². The van der Waals surface area contributed by atoms with E-state index in [2.05, 4.69) is 10.6 Å². The predicted octanol–water partition coefficient (Wildman–Crippen LogP) is 3.99. The first-order valence-electron chi connectivity index (χ1n) is 8.78. The minimum atomic E-state index is -0.245. The van der Waals surface area contributed by atoms with E-state index in [1.807, 2.05) is 38.1 Å². The summed E-state index contributed by atoms with van der Waals surface area (Å²) in [5.74, 6) is 0.406. The van der Waals surface area contributed by atoms with E-state index in [0.29, 0.717) is 5.56 Å². The Labute approximate surface area is 158 Å². The number of para-hydroxylation sites is 1. The van der Waals surface area contributed by atoms with Crippen LogP contribution in [0.4, 0.5) is 0 Å². The van der Waals surface area contributed by atoms with Crippen LogP contribution in [0.3, 0.4) is 0 Å². The van der Waals surface area contributed by atoms with Gasteiger partial charge in [0.2, 0.25) is 5.91 Å². The normalized spacial score (nSPS) is 12.3. The van der Waals surface area contributed by atoms with Crippen LogP contribution >= 0.6 is 0 Å². The Kier molecular flexibility index (Phi) is 5.41. The Bertz CT molecular complexity index is 1000. The number of amides is 2. The van der Waals surface area contributed by atoms with Crippen LogP contribution in [0.25, 0.3) is 17.0 Å². The lowest BCUT2D eigenvalue weighted by Gasteiger charge is -2.10. The van der Waals surface area contributed by atoms with Gasteiger partial charge in [0, 0.05) is 29.6 Å². The zero-order chi connectivity index (χ0) is 19.4. The van der Waals surface area contributed by atoms with Crippen LogP contribution in [0.2, 0.25) is 0 Å². The molecule has 0 fully saturated rings. The fourth-order valence-electron chi connectivity index (χ4n) is 3.00. The average Bonchev–Trinajstić information content (AvgIpc) is 3.03. The van der Waals surface area contributed by atoms with Crippen molar-refractivity contribution in [2.45, 2.75) is 19.9 Å². The molecule has 5 nitrogen and oxygen atoms in total. The second kappa shape index (κ2) is 7.91. The van der Waals surface area contributed by atoms with Crippen LogP contribution in [0.5, 0.6) is 0 Å². The van der Waals surface area contributed by atoms with E-state index in [4.69, 9.17) is 4.42 Å². The van der Waals surface area contributed by atoms with Gasteiger partial charge < -0.3 is 15.1 Å². The third-order valence-corrected chi connectivity index (χ3v) is 4.46. The maximum absolute atomic E-state index is 12.2. The monoisotopic (exact) mass is 362 g/mol. The van der Waals surface area contributed by atoms with E-state index >= 15 is 0 Å². The van der Waals surface area contributed by atoms with Crippen LogP contribution in [0, 0.1) is 6.92 Å². The van der Waals surface area contributed by atoms with Gasteiger partial charge in [0.15, 0.2) is 0 Å². The molecule has 27 heavy (non-hydrogen) atoms. The average molecular weight is 362 g/mol. The molecular weight excluding hydrogens is 340 g/mol. The second-order valence-corrected chi connectivity index (χ2v) is 6.35. The minimum absolute atomic E-state index is 0.140. The molecule has 1 aromatic heterocycles. The molecule has 3 rings (SSSR count). The molecule has 138 valence electrons. The Morgan fingerprint density at radius 3 is 2.44 bits per heavy atom. The summed E-state index contributed by atoms with van der Waals surface area (Å²) in [7, 11) is 1.59. The van der Waals surface area contributed by atoms with E-state index < -0.39 is 0 Å². The van der Waals surface area contributed by atoms with Crippen molar-refractivity contribution in [3.63, 3.8) is 0 Å². The first-order chi connectivity index (χ1) is 13.0. The van der Waals surface area contributed by atoms with Gasteiger partial charge >= 0.3 is 0 Å². The maximum atomic E-state index is 12.2. The summed E-state index contributed by atoms with van der Waals surface area (Å²) in [6.45, 7) is 3.89. The summed E-state index contributed by atoms with van der Waals surface area (Å²) in [5.41, 5.74) is 3.27. The number of hydrogen-bond acceptors (Lipinski definition) is 3. The number of carbonyl (C=O) groups excluding carboxylic acids is 2. The van der Waals surface area contributed by atoms with E-state index in [1.54, 1.807) is 37.4 Å². The Balaban J connectivity index is 1.66. The van der Waals surface area contributed by atoms with E-state index in [1.165, 1.54) is 6.08 Å². The third kappa shape index (κ3) is 4.08. The molecule has 2 aromatic carbocycles. The van der Waals surface area contributed by atoms with E-state index in [9.17, 15) is 9.59 Å². The van der Waals surface area contributed by atoms with E-state index in [-0.39, 0.29) is 17.9 Å². The zero-order valence-electron chi connectivity index (χ0n) is 15.6. The lowest BCUT2D eigenvalue weighted by molar-refractivity contribution is -0.117. The molecular formula is C22H22N2O3. The number of benzene rings is 2. The Morgan fingerprint density at radius 2 is 1.78 bits per heavy atom. The maximum Gasteiger partial charge on any atom is 0.251 e. The van der Waals surface area contributed by atoms with Crippen molar-refractivity contribution in [1.29, 1.82) is 0 Å². The van der Waals surface area contributed by atoms with Gasteiger partial charge in [-0.3, -0.25) is 9.59 Å². The molecule has 0 radical (unpaired) electrons. The minimum Gasteiger partial charge on any atom is -0.459 e. The molecule has 1 atom stereocenters. The van der Waals surface area contributed by atoms with Gasteiger partial charge in [-0.25, -0.2) is 0 Å².